The highest BCUT2D eigenvalue weighted by atomic mass is 32.2. The first-order valence-corrected chi connectivity index (χ1v) is 10.6. The highest BCUT2D eigenvalue weighted by Crippen LogP contribution is 2.38. The first kappa shape index (κ1) is 24.2. The summed E-state index contributed by atoms with van der Waals surface area (Å²) in [5.41, 5.74) is -1.69. The number of carbonyl (C=O) groups is 1. The summed E-state index contributed by atoms with van der Waals surface area (Å²) in [7, 11) is 1.76. The molecule has 0 aliphatic carbocycles. The molecule has 0 bridgehead atoms. The van der Waals surface area contributed by atoms with Gasteiger partial charge in [0.25, 0.3) is 0 Å². The van der Waals surface area contributed by atoms with Gasteiger partial charge in [-0.2, -0.15) is 26.3 Å². The van der Waals surface area contributed by atoms with Crippen LogP contribution in [0.2, 0.25) is 0 Å². The van der Waals surface area contributed by atoms with Crippen molar-refractivity contribution in [3.63, 3.8) is 0 Å². The van der Waals surface area contributed by atoms with Crippen LogP contribution in [0.1, 0.15) is 28.7 Å². The van der Waals surface area contributed by atoms with Gasteiger partial charge in [-0.1, -0.05) is 18.0 Å². The smallest absolute Gasteiger partial charge is 0.416 e. The van der Waals surface area contributed by atoms with Gasteiger partial charge in [-0.15, -0.1) is 0 Å². The molecular weight excluding hydrogens is 458 g/mol. The second-order valence-electron chi connectivity index (χ2n) is 7.05. The fourth-order valence-corrected chi connectivity index (χ4v) is 3.92. The number of carbonyl (C=O) groups excluding carboxylic acids is 1. The van der Waals surface area contributed by atoms with Crippen molar-refractivity contribution < 1.29 is 35.9 Å². The Morgan fingerprint density at radius 1 is 1.09 bits per heavy atom. The minimum absolute atomic E-state index is 0.0728. The Labute approximate surface area is 185 Å². The van der Waals surface area contributed by atoms with Crippen molar-refractivity contribution in [2.75, 3.05) is 24.2 Å². The molecule has 1 heterocycles. The van der Waals surface area contributed by atoms with Crippen molar-refractivity contribution in [3.8, 4) is 5.75 Å². The number of hydrogen-bond acceptors (Lipinski definition) is 4. The van der Waals surface area contributed by atoms with E-state index in [4.69, 9.17) is 4.74 Å². The van der Waals surface area contributed by atoms with Crippen LogP contribution in [0.4, 0.5) is 32.0 Å². The summed E-state index contributed by atoms with van der Waals surface area (Å²) >= 11 is 1.41. The van der Waals surface area contributed by atoms with Gasteiger partial charge in [0.2, 0.25) is 5.91 Å². The van der Waals surface area contributed by atoms with E-state index < -0.39 is 30.1 Å². The average molecular weight is 478 g/mol. The average Bonchev–Trinajstić information content (AvgIpc) is 3.16. The van der Waals surface area contributed by atoms with Crippen LogP contribution in [0.5, 0.6) is 5.75 Å². The lowest BCUT2D eigenvalue weighted by atomic mass is 10.1. The lowest BCUT2D eigenvalue weighted by Gasteiger charge is -2.18. The first-order chi connectivity index (χ1) is 15.0. The van der Waals surface area contributed by atoms with E-state index >= 15 is 0 Å². The van der Waals surface area contributed by atoms with Crippen LogP contribution >= 0.6 is 11.9 Å². The SMILES string of the molecule is CNSCCC(=O)N1CCc2c(OCc3cc(C(F)(F)F)cc(C(F)(F)F)c3)cccc21. The fourth-order valence-electron chi connectivity index (χ4n) is 3.44. The van der Waals surface area contributed by atoms with Gasteiger partial charge in [-0.3, -0.25) is 9.52 Å². The number of fused-ring (bicyclic) bond motifs is 1. The van der Waals surface area contributed by atoms with E-state index in [9.17, 15) is 31.1 Å². The van der Waals surface area contributed by atoms with Gasteiger partial charge in [-0.05, 0) is 49.4 Å². The Morgan fingerprint density at radius 2 is 1.75 bits per heavy atom. The predicted octanol–water partition coefficient (Wildman–Crippen LogP) is 5.45. The highest BCUT2D eigenvalue weighted by Gasteiger charge is 2.37. The van der Waals surface area contributed by atoms with Crippen LogP contribution in [0, 0.1) is 0 Å². The molecule has 1 N–H and O–H groups in total. The van der Waals surface area contributed by atoms with Crippen LogP contribution < -0.4 is 14.4 Å². The topological polar surface area (TPSA) is 41.6 Å². The molecule has 0 spiro atoms. The number of amides is 1. The molecule has 2 aromatic carbocycles. The van der Waals surface area contributed by atoms with Crippen molar-refractivity contribution >= 4 is 23.5 Å². The monoisotopic (exact) mass is 478 g/mol. The molecule has 4 nitrogen and oxygen atoms in total. The van der Waals surface area contributed by atoms with E-state index in [0.29, 0.717) is 54.3 Å². The van der Waals surface area contributed by atoms with Gasteiger partial charge < -0.3 is 9.64 Å². The molecule has 0 aromatic heterocycles. The molecule has 0 fully saturated rings. The number of hydrogen-bond donors (Lipinski definition) is 1. The second-order valence-corrected chi connectivity index (χ2v) is 8.16. The summed E-state index contributed by atoms with van der Waals surface area (Å²) < 4.78 is 86.8. The molecule has 0 saturated heterocycles. The van der Waals surface area contributed by atoms with Crippen molar-refractivity contribution in [1.82, 2.24) is 4.72 Å². The van der Waals surface area contributed by atoms with E-state index in [0.717, 1.165) is 0 Å². The summed E-state index contributed by atoms with van der Waals surface area (Å²) in [6.45, 7) is -0.0449. The maximum Gasteiger partial charge on any atom is 0.416 e. The molecule has 1 aliphatic rings. The number of anilines is 1. The molecule has 1 amide bonds. The zero-order valence-electron chi connectivity index (χ0n) is 16.9. The normalized spacial score (nSPS) is 13.9. The molecular formula is C21H20F6N2O2S. The predicted molar refractivity (Wildman–Crippen MR) is 109 cm³/mol. The number of halogens is 6. The third kappa shape index (κ3) is 5.69. The molecule has 0 saturated carbocycles. The van der Waals surface area contributed by atoms with Gasteiger partial charge in [0.15, 0.2) is 0 Å². The van der Waals surface area contributed by atoms with E-state index in [-0.39, 0.29) is 17.5 Å². The maximum atomic E-state index is 13.1. The van der Waals surface area contributed by atoms with Gasteiger partial charge in [-0.25, -0.2) is 0 Å². The number of nitrogens with zero attached hydrogens (tertiary/aromatic N) is 1. The van der Waals surface area contributed by atoms with Gasteiger partial charge in [0.1, 0.15) is 12.4 Å². The Hall–Kier alpha value is -2.40. The van der Waals surface area contributed by atoms with Gasteiger partial charge >= 0.3 is 12.4 Å². The summed E-state index contributed by atoms with van der Waals surface area (Å²) in [6.07, 6.45) is -9.04. The zero-order chi connectivity index (χ0) is 23.5. The molecule has 0 radical (unpaired) electrons. The number of ether oxygens (including phenoxy) is 1. The highest BCUT2D eigenvalue weighted by molar-refractivity contribution is 7.97. The minimum Gasteiger partial charge on any atom is -0.489 e. The minimum atomic E-state index is -4.92. The molecule has 11 heteroatoms. The van der Waals surface area contributed by atoms with Crippen molar-refractivity contribution in [1.29, 1.82) is 0 Å². The molecule has 0 unspecified atom stereocenters. The number of benzene rings is 2. The Balaban J connectivity index is 1.80. The van der Waals surface area contributed by atoms with E-state index in [1.807, 2.05) is 0 Å². The van der Waals surface area contributed by atoms with E-state index in [1.165, 1.54) is 11.9 Å². The van der Waals surface area contributed by atoms with Crippen LogP contribution in [-0.2, 0) is 30.2 Å². The number of rotatable bonds is 7. The first-order valence-electron chi connectivity index (χ1n) is 9.62. The summed E-state index contributed by atoms with van der Waals surface area (Å²) in [6, 6.07) is 6.34. The molecule has 0 atom stereocenters. The molecule has 2 aromatic rings. The number of alkyl halides is 6. The van der Waals surface area contributed by atoms with Crippen LogP contribution in [0.15, 0.2) is 36.4 Å². The standard InChI is InChI=1S/C21H20F6N2O2S/c1-28-32-8-6-19(30)29-7-5-16-17(29)3-2-4-18(16)31-12-13-9-14(20(22,23)24)11-15(10-13)21(25,26)27/h2-4,9-11,28H,5-8,12H2,1H3. The maximum absolute atomic E-state index is 13.1. The summed E-state index contributed by atoms with van der Waals surface area (Å²) in [5.74, 6) is 0.846. The Morgan fingerprint density at radius 3 is 2.34 bits per heavy atom. The molecule has 3 rings (SSSR count). The van der Waals surface area contributed by atoms with Crippen molar-refractivity contribution in [3.05, 3.63) is 58.7 Å². The molecule has 32 heavy (non-hydrogen) atoms. The van der Waals surface area contributed by atoms with Gasteiger partial charge in [0, 0.05) is 24.3 Å². The van der Waals surface area contributed by atoms with Crippen molar-refractivity contribution in [2.45, 2.75) is 31.8 Å². The fraction of sp³-hybridized carbons (Fsp3) is 0.381. The van der Waals surface area contributed by atoms with E-state index in [1.54, 1.807) is 30.1 Å². The summed E-state index contributed by atoms with van der Waals surface area (Å²) in [5, 5.41) is 0. The zero-order valence-corrected chi connectivity index (χ0v) is 17.8. The number of nitrogens with one attached hydrogen (secondary N) is 1. The summed E-state index contributed by atoms with van der Waals surface area (Å²) in [4.78, 5) is 14.1. The van der Waals surface area contributed by atoms with E-state index in [2.05, 4.69) is 4.72 Å². The van der Waals surface area contributed by atoms with Crippen LogP contribution in [0.25, 0.3) is 0 Å². The lowest BCUT2D eigenvalue weighted by molar-refractivity contribution is -0.143. The second kappa shape index (κ2) is 9.62. The quantitative estimate of drug-likeness (QED) is 0.327. The Bertz CT molecular complexity index is 945. The van der Waals surface area contributed by atoms with Gasteiger partial charge in [0.05, 0.1) is 16.8 Å². The van der Waals surface area contributed by atoms with Crippen LogP contribution in [-0.4, -0.2) is 25.3 Å². The van der Waals surface area contributed by atoms with Crippen molar-refractivity contribution in [2.24, 2.45) is 0 Å². The Kier molecular flexibility index (Phi) is 7.29. The third-order valence-electron chi connectivity index (χ3n) is 4.89. The van der Waals surface area contributed by atoms with Crippen LogP contribution in [0.3, 0.4) is 0 Å². The lowest BCUT2D eigenvalue weighted by Crippen LogP contribution is -2.29. The third-order valence-corrected chi connectivity index (χ3v) is 5.59. The largest absolute Gasteiger partial charge is 0.489 e. The molecule has 1 aliphatic heterocycles. The molecule has 174 valence electrons.